The van der Waals surface area contributed by atoms with Crippen molar-refractivity contribution >= 4 is 11.4 Å². The molecule has 2 heterocycles. The molecular weight excluding hydrogens is 314 g/mol. The number of ether oxygens (including phenoxy) is 1. The Balaban J connectivity index is 1.49. The number of nitrogens with one attached hydrogen (secondary N) is 1. The molecule has 1 N–H and O–H groups in total. The number of aromatic nitrogens is 2. The van der Waals surface area contributed by atoms with Crippen molar-refractivity contribution in [2.45, 2.75) is 19.3 Å². The molecule has 0 unspecified atom stereocenters. The molecule has 0 bridgehead atoms. The maximum absolute atomic E-state index is 12.7. The summed E-state index contributed by atoms with van der Waals surface area (Å²) in [5, 5.41) is 7.33. The molecule has 0 radical (unpaired) electrons. The molecule has 0 aliphatic heterocycles. The van der Waals surface area contributed by atoms with Crippen molar-refractivity contribution < 1.29 is 9.53 Å². The molecule has 128 valence electrons. The summed E-state index contributed by atoms with van der Waals surface area (Å²) >= 11 is 0. The third kappa shape index (κ3) is 2.76. The number of nitrogens with zero attached hydrogens (tertiary/aromatic N) is 2. The highest BCUT2D eigenvalue weighted by atomic mass is 16.5. The highest BCUT2D eigenvalue weighted by Crippen LogP contribution is 2.58. The number of fused-ring (bicyclic) bond motifs is 1. The molecule has 25 heavy (non-hydrogen) atoms. The Morgan fingerprint density at radius 2 is 2.12 bits per heavy atom. The molecule has 5 nitrogen and oxygen atoms in total. The lowest BCUT2D eigenvalue weighted by atomic mass is 10.0. The van der Waals surface area contributed by atoms with Crippen LogP contribution in [0.15, 0.2) is 54.9 Å². The molecule has 1 aliphatic rings. The summed E-state index contributed by atoms with van der Waals surface area (Å²) in [7, 11) is 1.60. The molecule has 0 spiro atoms. The van der Waals surface area contributed by atoms with Gasteiger partial charge in [0.15, 0.2) is 0 Å². The molecule has 5 heteroatoms. The third-order valence-electron chi connectivity index (χ3n) is 5.17. The minimum atomic E-state index is -0.112. The fraction of sp³-hybridized carbons (Fsp3) is 0.300. The quantitative estimate of drug-likeness (QED) is 0.778. The first kappa shape index (κ1) is 15.7. The Bertz CT molecular complexity index is 919. The lowest BCUT2D eigenvalue weighted by molar-refractivity contribution is 0.0947. The summed E-state index contributed by atoms with van der Waals surface area (Å²) in [6.45, 7) is 2.87. The number of carbonyl (C=O) groups is 1. The highest BCUT2D eigenvalue weighted by molar-refractivity contribution is 6.02. The molecule has 0 saturated heterocycles. The van der Waals surface area contributed by atoms with E-state index in [0.29, 0.717) is 29.3 Å². The van der Waals surface area contributed by atoms with Gasteiger partial charge in [0.1, 0.15) is 11.3 Å². The van der Waals surface area contributed by atoms with Crippen LogP contribution in [0.5, 0.6) is 5.75 Å². The van der Waals surface area contributed by atoms with Gasteiger partial charge in [-0.25, -0.2) is 4.52 Å². The van der Waals surface area contributed by atoms with Gasteiger partial charge in [-0.2, -0.15) is 5.10 Å². The maximum Gasteiger partial charge on any atom is 0.255 e. The van der Waals surface area contributed by atoms with Crippen LogP contribution in [-0.4, -0.2) is 29.2 Å². The van der Waals surface area contributed by atoms with Crippen LogP contribution in [0, 0.1) is 5.41 Å². The van der Waals surface area contributed by atoms with Gasteiger partial charge >= 0.3 is 0 Å². The van der Waals surface area contributed by atoms with Crippen molar-refractivity contribution in [3.05, 3.63) is 66.0 Å². The van der Waals surface area contributed by atoms with Gasteiger partial charge in [-0.1, -0.05) is 37.3 Å². The number of carbonyl (C=O) groups excluding carboxylic acids is 1. The van der Waals surface area contributed by atoms with E-state index in [9.17, 15) is 4.79 Å². The first-order valence-corrected chi connectivity index (χ1v) is 8.46. The third-order valence-corrected chi connectivity index (χ3v) is 5.17. The van der Waals surface area contributed by atoms with Crippen molar-refractivity contribution in [3.63, 3.8) is 0 Å². The Kier molecular flexibility index (Phi) is 3.71. The fourth-order valence-corrected chi connectivity index (χ4v) is 3.53. The van der Waals surface area contributed by atoms with E-state index in [0.717, 1.165) is 6.42 Å². The van der Waals surface area contributed by atoms with E-state index < -0.39 is 0 Å². The van der Waals surface area contributed by atoms with Gasteiger partial charge in [0.05, 0.1) is 18.9 Å². The Labute approximate surface area is 146 Å². The van der Waals surface area contributed by atoms with Gasteiger partial charge in [-0.15, -0.1) is 0 Å². The zero-order valence-electron chi connectivity index (χ0n) is 14.4. The van der Waals surface area contributed by atoms with Crippen LogP contribution in [0.4, 0.5) is 0 Å². The number of rotatable bonds is 5. The van der Waals surface area contributed by atoms with Crippen molar-refractivity contribution in [1.82, 2.24) is 14.9 Å². The summed E-state index contributed by atoms with van der Waals surface area (Å²) in [6.07, 6.45) is 4.49. The number of methoxy groups -OCH3 is 1. The summed E-state index contributed by atoms with van der Waals surface area (Å²) in [5.41, 5.74) is 2.70. The van der Waals surface area contributed by atoms with Crippen molar-refractivity contribution in [1.29, 1.82) is 0 Å². The van der Waals surface area contributed by atoms with E-state index in [1.54, 1.807) is 17.8 Å². The molecule has 1 aromatic carbocycles. The second kappa shape index (κ2) is 5.92. The lowest BCUT2D eigenvalue weighted by Crippen LogP contribution is -2.29. The van der Waals surface area contributed by atoms with E-state index in [2.05, 4.69) is 41.6 Å². The average molecular weight is 335 g/mol. The second-order valence-electron chi connectivity index (χ2n) is 6.93. The molecule has 1 fully saturated rings. The van der Waals surface area contributed by atoms with Crippen LogP contribution >= 0.6 is 0 Å². The first-order valence-electron chi connectivity index (χ1n) is 8.46. The van der Waals surface area contributed by atoms with E-state index in [4.69, 9.17) is 4.74 Å². The lowest BCUT2D eigenvalue weighted by Gasteiger charge is -2.13. The Morgan fingerprint density at radius 1 is 1.32 bits per heavy atom. The largest absolute Gasteiger partial charge is 0.494 e. The van der Waals surface area contributed by atoms with Crippen LogP contribution < -0.4 is 10.1 Å². The number of hydrogen-bond donors (Lipinski definition) is 1. The van der Waals surface area contributed by atoms with E-state index in [1.165, 1.54) is 5.56 Å². The van der Waals surface area contributed by atoms with Gasteiger partial charge in [0.25, 0.3) is 5.91 Å². The topological polar surface area (TPSA) is 55.6 Å². The van der Waals surface area contributed by atoms with Gasteiger partial charge in [-0.3, -0.25) is 4.79 Å². The van der Waals surface area contributed by atoms with Crippen LogP contribution in [0.2, 0.25) is 0 Å². The van der Waals surface area contributed by atoms with Gasteiger partial charge < -0.3 is 10.1 Å². The average Bonchev–Trinajstić information content (AvgIpc) is 3.13. The Hall–Kier alpha value is -2.82. The molecule has 3 aromatic rings. The predicted octanol–water partition coefficient (Wildman–Crippen LogP) is 3.27. The number of benzene rings is 1. The highest BCUT2D eigenvalue weighted by Gasteiger charge is 2.50. The molecule has 1 saturated carbocycles. The Morgan fingerprint density at radius 3 is 2.88 bits per heavy atom. The second-order valence-corrected chi connectivity index (χ2v) is 6.93. The SMILES string of the molecule is COc1cccn2ncc(C(=O)NC[C@]3(C)C[C@H]3c3ccccc3)c12. The molecule has 2 aromatic heterocycles. The summed E-state index contributed by atoms with van der Waals surface area (Å²) in [4.78, 5) is 12.7. The number of hydrogen-bond acceptors (Lipinski definition) is 3. The fourth-order valence-electron chi connectivity index (χ4n) is 3.53. The maximum atomic E-state index is 12.7. The van der Waals surface area contributed by atoms with Gasteiger partial charge in [0.2, 0.25) is 0 Å². The summed E-state index contributed by atoms with van der Waals surface area (Å²) < 4.78 is 7.03. The van der Waals surface area contributed by atoms with Gasteiger partial charge in [0, 0.05) is 12.7 Å². The summed E-state index contributed by atoms with van der Waals surface area (Å²) in [6, 6.07) is 14.2. The first-order chi connectivity index (χ1) is 12.1. The standard InChI is InChI=1S/C20H21N3O2/c1-20(11-16(20)14-7-4-3-5-8-14)13-21-19(24)15-12-22-23-10-6-9-17(25-2)18(15)23/h3-10,12,16H,11,13H2,1-2H3,(H,21,24)/t16-,20-/m0/s1. The minimum Gasteiger partial charge on any atom is -0.494 e. The predicted molar refractivity (Wildman–Crippen MR) is 96.0 cm³/mol. The van der Waals surface area contributed by atoms with Crippen molar-refractivity contribution in [2.75, 3.05) is 13.7 Å². The zero-order chi connectivity index (χ0) is 17.4. The van der Waals surface area contributed by atoms with E-state index >= 15 is 0 Å². The zero-order valence-corrected chi connectivity index (χ0v) is 14.4. The van der Waals surface area contributed by atoms with Crippen molar-refractivity contribution in [3.8, 4) is 5.75 Å². The molecule has 2 atom stereocenters. The smallest absolute Gasteiger partial charge is 0.255 e. The molecular formula is C20H21N3O2. The van der Waals surface area contributed by atoms with E-state index in [-0.39, 0.29) is 11.3 Å². The number of amides is 1. The number of pyridine rings is 1. The van der Waals surface area contributed by atoms with Crippen LogP contribution in [0.25, 0.3) is 5.52 Å². The molecule has 4 rings (SSSR count). The molecule has 1 aliphatic carbocycles. The van der Waals surface area contributed by atoms with E-state index in [1.807, 2.05) is 24.4 Å². The minimum absolute atomic E-state index is 0.112. The summed E-state index contributed by atoms with van der Waals surface area (Å²) in [5.74, 6) is 1.04. The monoisotopic (exact) mass is 335 g/mol. The van der Waals surface area contributed by atoms with Gasteiger partial charge in [-0.05, 0) is 35.4 Å². The van der Waals surface area contributed by atoms with Crippen molar-refractivity contribution in [2.24, 2.45) is 5.41 Å². The molecule has 1 amide bonds. The normalized spacial score (nSPS) is 21.9. The van der Waals surface area contributed by atoms with Crippen LogP contribution in [-0.2, 0) is 0 Å². The van der Waals surface area contributed by atoms with Crippen LogP contribution in [0.3, 0.4) is 0 Å². The van der Waals surface area contributed by atoms with Crippen LogP contribution in [0.1, 0.15) is 35.2 Å².